The van der Waals surface area contributed by atoms with Gasteiger partial charge >= 0.3 is 0 Å². The van der Waals surface area contributed by atoms with Crippen molar-refractivity contribution in [2.75, 3.05) is 6.61 Å². The van der Waals surface area contributed by atoms with Crippen molar-refractivity contribution in [1.82, 2.24) is 0 Å². The van der Waals surface area contributed by atoms with Crippen LogP contribution in [-0.4, -0.2) is 6.61 Å². The predicted molar refractivity (Wildman–Crippen MR) is 133 cm³/mol. The van der Waals surface area contributed by atoms with Crippen molar-refractivity contribution in [3.8, 4) is 5.75 Å². The molecule has 0 radical (unpaired) electrons. The summed E-state index contributed by atoms with van der Waals surface area (Å²) in [4.78, 5) is 0. The topological polar surface area (TPSA) is 9.23 Å². The molecule has 2 fully saturated rings. The zero-order chi connectivity index (χ0) is 22.3. The summed E-state index contributed by atoms with van der Waals surface area (Å²) in [5, 5.41) is 0. The van der Waals surface area contributed by atoms with E-state index in [2.05, 4.69) is 19.6 Å². The van der Waals surface area contributed by atoms with Gasteiger partial charge in [0.2, 0.25) is 0 Å². The van der Waals surface area contributed by atoms with E-state index in [1.54, 1.807) is 12.1 Å². The Morgan fingerprint density at radius 1 is 0.938 bits per heavy atom. The molecule has 0 aromatic heterocycles. The monoisotopic (exact) mass is 440 g/mol. The molecule has 0 N–H and O–H groups in total. The highest BCUT2D eigenvalue weighted by atomic mass is 19.1. The number of fused-ring (bicyclic) bond motifs is 2. The lowest BCUT2D eigenvalue weighted by molar-refractivity contribution is 0.0687. The SMILES string of the molecule is C=CCOc1cc(F)c2c(c1)CCC(C1CCC3CC(CCCCCCC)CCC3C1)C2. The number of halogens is 1. The summed E-state index contributed by atoms with van der Waals surface area (Å²) in [6.07, 6.45) is 22.1. The lowest BCUT2D eigenvalue weighted by atomic mass is 9.61. The van der Waals surface area contributed by atoms with Crippen molar-refractivity contribution in [2.24, 2.45) is 29.6 Å². The number of ether oxygens (including phenoxy) is 1. The van der Waals surface area contributed by atoms with Crippen molar-refractivity contribution in [3.05, 3.63) is 41.7 Å². The van der Waals surface area contributed by atoms with Crippen LogP contribution in [0.1, 0.15) is 102 Å². The number of unbranched alkanes of at least 4 members (excludes halogenated alkanes) is 4. The van der Waals surface area contributed by atoms with Crippen molar-refractivity contribution in [2.45, 2.75) is 103 Å². The number of hydrogen-bond donors (Lipinski definition) is 0. The molecule has 0 bridgehead atoms. The highest BCUT2D eigenvalue weighted by Gasteiger charge is 2.38. The second kappa shape index (κ2) is 11.7. The molecule has 5 atom stereocenters. The summed E-state index contributed by atoms with van der Waals surface area (Å²) in [7, 11) is 0. The fourth-order valence-corrected chi connectivity index (χ4v) is 7.21. The largest absolute Gasteiger partial charge is 0.489 e. The van der Waals surface area contributed by atoms with Crippen LogP contribution in [0, 0.1) is 35.4 Å². The molecule has 1 aromatic rings. The normalized spacial score (nSPS) is 29.8. The maximum atomic E-state index is 14.9. The van der Waals surface area contributed by atoms with Gasteiger partial charge in [-0.15, -0.1) is 0 Å². The van der Waals surface area contributed by atoms with Gasteiger partial charge in [-0.2, -0.15) is 0 Å². The van der Waals surface area contributed by atoms with E-state index in [1.165, 1.54) is 89.0 Å². The molecule has 0 heterocycles. The second-order valence-corrected chi connectivity index (χ2v) is 11.1. The molecule has 0 spiro atoms. The molecule has 1 aromatic carbocycles. The summed E-state index contributed by atoms with van der Waals surface area (Å²) in [6.45, 7) is 6.42. The Kier molecular flexibility index (Phi) is 8.72. The second-order valence-electron chi connectivity index (χ2n) is 11.1. The van der Waals surface area contributed by atoms with Gasteiger partial charge in [-0.1, -0.05) is 64.5 Å². The van der Waals surface area contributed by atoms with Gasteiger partial charge in [-0.05, 0) is 98.1 Å². The third kappa shape index (κ3) is 5.97. The minimum absolute atomic E-state index is 0.0561. The quantitative estimate of drug-likeness (QED) is 0.261. The molecule has 178 valence electrons. The molecular formula is C30H45FO. The minimum atomic E-state index is -0.0561. The molecule has 1 nitrogen and oxygen atoms in total. The van der Waals surface area contributed by atoms with Crippen LogP contribution in [0.2, 0.25) is 0 Å². The molecule has 2 saturated carbocycles. The third-order valence-corrected chi connectivity index (χ3v) is 9.02. The fraction of sp³-hybridized carbons (Fsp3) is 0.733. The Labute approximate surface area is 196 Å². The van der Waals surface area contributed by atoms with E-state index in [-0.39, 0.29) is 5.82 Å². The van der Waals surface area contributed by atoms with Crippen LogP contribution >= 0.6 is 0 Å². The van der Waals surface area contributed by atoms with Gasteiger partial charge < -0.3 is 4.74 Å². The standard InChI is InChI=1S/C30H45FO/c1-3-5-6-7-8-9-22-10-11-24-18-25(13-12-23(24)17-22)26-14-15-27-19-28(32-16-4-2)21-30(31)29(27)20-26/h4,19,21-26H,2-3,5-18,20H2,1H3. The lowest BCUT2D eigenvalue weighted by Gasteiger charge is -2.45. The Bertz CT molecular complexity index is 741. The Balaban J connectivity index is 1.27. The Hall–Kier alpha value is -1.31. The minimum Gasteiger partial charge on any atom is -0.489 e. The van der Waals surface area contributed by atoms with Gasteiger partial charge in [0.1, 0.15) is 18.2 Å². The highest BCUT2D eigenvalue weighted by molar-refractivity contribution is 5.39. The summed E-state index contributed by atoms with van der Waals surface area (Å²) in [6, 6.07) is 3.66. The van der Waals surface area contributed by atoms with Gasteiger partial charge in [0.25, 0.3) is 0 Å². The van der Waals surface area contributed by atoms with E-state index in [9.17, 15) is 4.39 Å². The first-order chi connectivity index (χ1) is 15.7. The molecular weight excluding hydrogens is 395 g/mol. The highest BCUT2D eigenvalue weighted by Crippen LogP contribution is 2.49. The Morgan fingerprint density at radius 3 is 2.50 bits per heavy atom. The zero-order valence-corrected chi connectivity index (χ0v) is 20.4. The maximum Gasteiger partial charge on any atom is 0.130 e. The zero-order valence-electron chi connectivity index (χ0n) is 20.4. The average molecular weight is 441 g/mol. The molecule has 4 rings (SSSR count). The van der Waals surface area contributed by atoms with E-state index in [0.717, 1.165) is 42.1 Å². The van der Waals surface area contributed by atoms with Crippen LogP contribution in [0.4, 0.5) is 4.39 Å². The van der Waals surface area contributed by atoms with E-state index < -0.39 is 0 Å². The van der Waals surface area contributed by atoms with Gasteiger partial charge in [0, 0.05) is 6.07 Å². The summed E-state index contributed by atoms with van der Waals surface area (Å²) >= 11 is 0. The van der Waals surface area contributed by atoms with E-state index >= 15 is 0 Å². The molecule has 0 saturated heterocycles. The van der Waals surface area contributed by atoms with Crippen LogP contribution in [-0.2, 0) is 12.8 Å². The number of rotatable bonds is 10. The van der Waals surface area contributed by atoms with Crippen molar-refractivity contribution in [3.63, 3.8) is 0 Å². The van der Waals surface area contributed by atoms with Gasteiger partial charge in [-0.3, -0.25) is 0 Å². The first-order valence-electron chi connectivity index (χ1n) is 13.7. The molecule has 0 amide bonds. The molecule has 2 heteroatoms. The summed E-state index contributed by atoms with van der Waals surface area (Å²) in [5.74, 6) is 5.02. The average Bonchev–Trinajstić information content (AvgIpc) is 2.82. The summed E-state index contributed by atoms with van der Waals surface area (Å²) in [5.41, 5.74) is 2.15. The van der Waals surface area contributed by atoms with Gasteiger partial charge in [-0.25, -0.2) is 4.39 Å². The molecule has 0 aliphatic heterocycles. The molecule has 3 aliphatic rings. The smallest absolute Gasteiger partial charge is 0.130 e. The van der Waals surface area contributed by atoms with Gasteiger partial charge in [0.05, 0.1) is 0 Å². The van der Waals surface area contributed by atoms with Crippen molar-refractivity contribution in [1.29, 1.82) is 0 Å². The summed E-state index contributed by atoms with van der Waals surface area (Å²) < 4.78 is 20.5. The van der Waals surface area contributed by atoms with Crippen molar-refractivity contribution < 1.29 is 9.13 Å². The fourth-order valence-electron chi connectivity index (χ4n) is 7.21. The third-order valence-electron chi connectivity index (χ3n) is 9.02. The van der Waals surface area contributed by atoms with Crippen molar-refractivity contribution >= 4 is 0 Å². The van der Waals surface area contributed by atoms with Crippen LogP contribution in [0.25, 0.3) is 0 Å². The molecule has 5 unspecified atom stereocenters. The van der Waals surface area contributed by atoms with Crippen LogP contribution in [0.5, 0.6) is 5.75 Å². The van der Waals surface area contributed by atoms with Crippen LogP contribution in [0.3, 0.4) is 0 Å². The van der Waals surface area contributed by atoms with E-state index in [0.29, 0.717) is 18.3 Å². The number of hydrogen-bond acceptors (Lipinski definition) is 1. The van der Waals surface area contributed by atoms with E-state index in [4.69, 9.17) is 4.74 Å². The molecule has 3 aliphatic carbocycles. The first-order valence-corrected chi connectivity index (χ1v) is 13.7. The molecule has 32 heavy (non-hydrogen) atoms. The predicted octanol–water partition coefficient (Wildman–Crippen LogP) is 8.69. The lowest BCUT2D eigenvalue weighted by Crippen LogP contribution is -2.35. The number of benzene rings is 1. The maximum absolute atomic E-state index is 14.9. The van der Waals surface area contributed by atoms with Crippen LogP contribution < -0.4 is 4.74 Å². The first kappa shape index (κ1) is 23.8. The van der Waals surface area contributed by atoms with Gasteiger partial charge in [0.15, 0.2) is 0 Å². The Morgan fingerprint density at radius 2 is 1.69 bits per heavy atom. The number of aryl methyl sites for hydroxylation is 1. The van der Waals surface area contributed by atoms with E-state index in [1.807, 2.05) is 0 Å². The van der Waals surface area contributed by atoms with Crippen LogP contribution in [0.15, 0.2) is 24.8 Å².